The van der Waals surface area contributed by atoms with Crippen molar-refractivity contribution in [3.8, 4) is 0 Å². The van der Waals surface area contributed by atoms with Crippen molar-refractivity contribution in [3.05, 3.63) is 24.6 Å². The average Bonchev–Trinajstić information content (AvgIpc) is 2.53. The van der Waals surface area contributed by atoms with Crippen molar-refractivity contribution in [1.82, 2.24) is 10.2 Å². The van der Waals surface area contributed by atoms with Crippen molar-refractivity contribution in [2.45, 2.75) is 66.8 Å². The van der Waals surface area contributed by atoms with Crippen LogP contribution in [0.4, 0.5) is 0 Å². The SMILES string of the molecule is C=C(CNC(=C)C(C)(C)C)N(C)C(C(C)CC)C(CC)CCOC. The van der Waals surface area contributed by atoms with Crippen LogP contribution in [0.3, 0.4) is 0 Å². The molecule has 142 valence electrons. The van der Waals surface area contributed by atoms with Crippen LogP contribution in [0.1, 0.15) is 60.8 Å². The number of rotatable bonds is 12. The number of nitrogens with one attached hydrogen (secondary N) is 1. The molecule has 3 atom stereocenters. The Kier molecular flexibility index (Phi) is 10.4. The highest BCUT2D eigenvalue weighted by Gasteiger charge is 2.29. The van der Waals surface area contributed by atoms with Crippen LogP contribution in [0.2, 0.25) is 0 Å². The molecule has 0 aromatic heterocycles. The van der Waals surface area contributed by atoms with E-state index in [1.54, 1.807) is 7.11 Å². The number of methoxy groups -OCH3 is 1. The predicted molar refractivity (Wildman–Crippen MR) is 107 cm³/mol. The smallest absolute Gasteiger partial charge is 0.0540 e. The van der Waals surface area contributed by atoms with E-state index in [9.17, 15) is 0 Å². The molecule has 0 bridgehead atoms. The van der Waals surface area contributed by atoms with Gasteiger partial charge in [0.1, 0.15) is 0 Å². The first-order chi connectivity index (χ1) is 11.1. The molecule has 0 saturated carbocycles. The second-order valence-electron chi connectivity index (χ2n) is 8.09. The summed E-state index contributed by atoms with van der Waals surface area (Å²) in [6.45, 7) is 23.5. The summed E-state index contributed by atoms with van der Waals surface area (Å²) in [6, 6.07) is 0.493. The molecule has 0 spiro atoms. The second-order valence-corrected chi connectivity index (χ2v) is 8.09. The van der Waals surface area contributed by atoms with Gasteiger partial charge in [-0.2, -0.15) is 0 Å². The lowest BCUT2D eigenvalue weighted by Gasteiger charge is -2.41. The van der Waals surface area contributed by atoms with E-state index in [1.807, 2.05) is 0 Å². The zero-order valence-corrected chi connectivity index (χ0v) is 17.5. The summed E-state index contributed by atoms with van der Waals surface area (Å²) in [5.74, 6) is 1.24. The molecular formula is C21H42N2O. The second kappa shape index (κ2) is 10.8. The fourth-order valence-corrected chi connectivity index (χ4v) is 3.10. The van der Waals surface area contributed by atoms with E-state index < -0.39 is 0 Å². The molecule has 3 heteroatoms. The topological polar surface area (TPSA) is 24.5 Å². The summed E-state index contributed by atoms with van der Waals surface area (Å²) in [5, 5.41) is 3.45. The number of likely N-dealkylation sites (N-methyl/N-ethyl adjacent to an activating group) is 1. The van der Waals surface area contributed by atoms with Crippen molar-refractivity contribution in [2.24, 2.45) is 17.3 Å². The van der Waals surface area contributed by atoms with Crippen LogP contribution < -0.4 is 5.32 Å². The third kappa shape index (κ3) is 7.29. The van der Waals surface area contributed by atoms with Gasteiger partial charge in [0.05, 0.1) is 6.54 Å². The molecule has 0 amide bonds. The highest BCUT2D eigenvalue weighted by Crippen LogP contribution is 2.29. The van der Waals surface area contributed by atoms with Gasteiger partial charge in [0.15, 0.2) is 0 Å². The van der Waals surface area contributed by atoms with Gasteiger partial charge in [0.25, 0.3) is 0 Å². The lowest BCUT2D eigenvalue weighted by atomic mass is 9.83. The summed E-state index contributed by atoms with van der Waals surface area (Å²) >= 11 is 0. The van der Waals surface area contributed by atoms with Gasteiger partial charge in [-0.25, -0.2) is 0 Å². The minimum atomic E-state index is 0.0688. The van der Waals surface area contributed by atoms with Crippen molar-refractivity contribution in [2.75, 3.05) is 27.3 Å². The van der Waals surface area contributed by atoms with Crippen LogP contribution in [0.25, 0.3) is 0 Å². The Morgan fingerprint density at radius 2 is 1.75 bits per heavy atom. The maximum Gasteiger partial charge on any atom is 0.0540 e. The van der Waals surface area contributed by atoms with Crippen LogP contribution in [-0.2, 0) is 4.74 Å². The van der Waals surface area contributed by atoms with Crippen molar-refractivity contribution in [1.29, 1.82) is 0 Å². The number of allylic oxidation sites excluding steroid dienone is 1. The van der Waals surface area contributed by atoms with Crippen LogP contribution in [-0.4, -0.2) is 38.3 Å². The monoisotopic (exact) mass is 338 g/mol. The van der Waals surface area contributed by atoms with Crippen LogP contribution >= 0.6 is 0 Å². The highest BCUT2D eigenvalue weighted by molar-refractivity contribution is 5.08. The molecular weight excluding hydrogens is 296 g/mol. The van der Waals surface area contributed by atoms with E-state index >= 15 is 0 Å². The van der Waals surface area contributed by atoms with Gasteiger partial charge < -0.3 is 15.0 Å². The number of hydrogen-bond donors (Lipinski definition) is 1. The van der Waals surface area contributed by atoms with Gasteiger partial charge in [-0.3, -0.25) is 0 Å². The van der Waals surface area contributed by atoms with E-state index in [1.165, 1.54) is 6.42 Å². The van der Waals surface area contributed by atoms with E-state index in [4.69, 9.17) is 4.74 Å². The standard InChI is InChI=1S/C21H42N2O/c1-11-16(3)20(19(12-2)13-14-24-10)23(9)17(4)15-22-18(5)21(6,7)8/h16,19-20,22H,4-5,11-15H2,1-3,6-10H3. The first kappa shape index (κ1) is 23.0. The fraction of sp³-hybridized carbons (Fsp3) is 0.810. The first-order valence-corrected chi connectivity index (χ1v) is 9.42. The molecule has 0 saturated heterocycles. The van der Waals surface area contributed by atoms with Crippen molar-refractivity contribution < 1.29 is 4.74 Å². The first-order valence-electron chi connectivity index (χ1n) is 9.42. The Labute approximate surface area is 151 Å². The zero-order valence-electron chi connectivity index (χ0n) is 17.5. The fourth-order valence-electron chi connectivity index (χ4n) is 3.10. The molecule has 0 aromatic rings. The van der Waals surface area contributed by atoms with Gasteiger partial charge >= 0.3 is 0 Å². The van der Waals surface area contributed by atoms with Gasteiger partial charge in [0.2, 0.25) is 0 Å². The predicted octanol–water partition coefficient (Wildman–Crippen LogP) is 5.06. The number of nitrogens with zero attached hydrogens (tertiary/aromatic N) is 1. The molecule has 0 aliphatic rings. The summed E-state index contributed by atoms with van der Waals surface area (Å²) in [4.78, 5) is 2.39. The molecule has 24 heavy (non-hydrogen) atoms. The normalized spacial score (nSPS) is 15.5. The van der Waals surface area contributed by atoms with E-state index in [0.29, 0.717) is 17.9 Å². The Morgan fingerprint density at radius 1 is 1.17 bits per heavy atom. The molecule has 0 radical (unpaired) electrons. The van der Waals surface area contributed by atoms with Crippen LogP contribution in [0, 0.1) is 17.3 Å². The molecule has 0 aliphatic heterocycles. The van der Waals surface area contributed by atoms with Crippen molar-refractivity contribution in [3.63, 3.8) is 0 Å². The minimum Gasteiger partial charge on any atom is -0.385 e. The number of ether oxygens (including phenoxy) is 1. The van der Waals surface area contributed by atoms with Gasteiger partial charge in [-0.15, -0.1) is 0 Å². The van der Waals surface area contributed by atoms with Crippen molar-refractivity contribution >= 4 is 0 Å². The van der Waals surface area contributed by atoms with Crippen LogP contribution in [0.5, 0.6) is 0 Å². The maximum atomic E-state index is 5.33. The lowest BCUT2D eigenvalue weighted by Crippen LogP contribution is -2.44. The lowest BCUT2D eigenvalue weighted by molar-refractivity contribution is 0.107. The molecule has 0 fully saturated rings. The average molecular weight is 339 g/mol. The van der Waals surface area contributed by atoms with E-state index in [0.717, 1.165) is 37.4 Å². The third-order valence-corrected chi connectivity index (χ3v) is 5.28. The maximum absolute atomic E-state index is 5.33. The van der Waals surface area contributed by atoms with Gasteiger partial charge in [0, 0.05) is 43.6 Å². The van der Waals surface area contributed by atoms with Crippen LogP contribution in [0.15, 0.2) is 24.6 Å². The Balaban J connectivity index is 4.99. The largest absolute Gasteiger partial charge is 0.385 e. The summed E-state index contributed by atoms with van der Waals surface area (Å²) in [7, 11) is 3.98. The molecule has 1 N–H and O–H groups in total. The van der Waals surface area contributed by atoms with E-state index in [-0.39, 0.29) is 5.41 Å². The zero-order chi connectivity index (χ0) is 18.9. The Bertz CT molecular complexity index is 384. The van der Waals surface area contributed by atoms with Gasteiger partial charge in [-0.05, 0) is 18.3 Å². The molecule has 3 unspecified atom stereocenters. The van der Waals surface area contributed by atoms with Gasteiger partial charge in [-0.1, -0.05) is 67.5 Å². The molecule has 0 aromatic carbocycles. The summed E-state index contributed by atoms with van der Waals surface area (Å²) < 4.78 is 5.33. The van der Waals surface area contributed by atoms with E-state index in [2.05, 4.69) is 72.0 Å². The Morgan fingerprint density at radius 3 is 2.17 bits per heavy atom. The highest BCUT2D eigenvalue weighted by atomic mass is 16.5. The molecule has 0 aliphatic carbocycles. The third-order valence-electron chi connectivity index (χ3n) is 5.28. The molecule has 0 rings (SSSR count). The molecule has 0 heterocycles. The summed E-state index contributed by atoms with van der Waals surface area (Å²) in [5.41, 5.74) is 2.25. The molecule has 3 nitrogen and oxygen atoms in total. The Hall–Kier alpha value is -0.960. The minimum absolute atomic E-state index is 0.0688. The quantitative estimate of drug-likeness (QED) is 0.538. The number of hydrogen-bond acceptors (Lipinski definition) is 3. The summed E-state index contributed by atoms with van der Waals surface area (Å²) in [6.07, 6.45) is 3.44.